The van der Waals surface area contributed by atoms with Crippen LogP contribution in [0.5, 0.6) is 11.5 Å². The van der Waals surface area contributed by atoms with Crippen molar-refractivity contribution in [3.63, 3.8) is 0 Å². The number of esters is 2. The van der Waals surface area contributed by atoms with Gasteiger partial charge in [-0.2, -0.15) is 0 Å². The molecule has 3 aromatic rings. The van der Waals surface area contributed by atoms with Crippen molar-refractivity contribution in [1.82, 2.24) is 0 Å². The fourth-order valence-electron chi connectivity index (χ4n) is 3.13. The van der Waals surface area contributed by atoms with Crippen molar-refractivity contribution in [3.8, 4) is 11.5 Å². The Labute approximate surface area is 191 Å². The predicted octanol–water partition coefficient (Wildman–Crippen LogP) is 5.38. The first-order valence-electron chi connectivity index (χ1n) is 9.82. The van der Waals surface area contributed by atoms with E-state index < -0.39 is 11.9 Å². The van der Waals surface area contributed by atoms with Gasteiger partial charge in [0.2, 0.25) is 0 Å². The van der Waals surface area contributed by atoms with Crippen molar-refractivity contribution in [2.75, 3.05) is 14.2 Å². The van der Waals surface area contributed by atoms with E-state index in [9.17, 15) is 9.59 Å². The van der Waals surface area contributed by atoms with E-state index in [1.54, 1.807) is 37.3 Å². The Morgan fingerprint density at radius 3 is 2.28 bits per heavy atom. The number of methoxy groups -OCH3 is 2. The van der Waals surface area contributed by atoms with Crippen LogP contribution < -0.4 is 9.47 Å². The molecule has 0 fully saturated rings. The molecule has 0 aliphatic carbocycles. The minimum atomic E-state index is -0.522. The van der Waals surface area contributed by atoms with Gasteiger partial charge in [-0.25, -0.2) is 9.59 Å². The molecule has 0 aliphatic heterocycles. The second kappa shape index (κ2) is 10.7. The minimum Gasteiger partial charge on any atom is -0.496 e. The van der Waals surface area contributed by atoms with E-state index in [1.807, 2.05) is 30.3 Å². The highest BCUT2D eigenvalue weighted by Gasteiger charge is 2.19. The molecule has 0 aromatic heterocycles. The van der Waals surface area contributed by atoms with Gasteiger partial charge in [-0.1, -0.05) is 48.0 Å². The van der Waals surface area contributed by atoms with Crippen LogP contribution in [0.25, 0.3) is 0 Å². The first kappa shape index (κ1) is 23.2. The number of aryl methyl sites for hydroxylation is 1. The molecule has 32 heavy (non-hydrogen) atoms. The summed E-state index contributed by atoms with van der Waals surface area (Å²) in [6.07, 6.45) is 0. The lowest BCUT2D eigenvalue weighted by molar-refractivity contribution is 0.0472. The van der Waals surface area contributed by atoms with Crippen LogP contribution in [0.4, 0.5) is 0 Å². The van der Waals surface area contributed by atoms with Crippen molar-refractivity contribution in [1.29, 1.82) is 0 Å². The largest absolute Gasteiger partial charge is 0.496 e. The molecule has 166 valence electrons. The summed E-state index contributed by atoms with van der Waals surface area (Å²) in [7, 11) is 2.82. The fraction of sp³-hybridized carbons (Fsp3) is 0.200. The van der Waals surface area contributed by atoms with Crippen molar-refractivity contribution in [3.05, 3.63) is 93.5 Å². The van der Waals surface area contributed by atoms with Crippen LogP contribution in [0, 0.1) is 6.92 Å². The Kier molecular flexibility index (Phi) is 7.73. The standard InChI is InChI=1S/C25H23ClO6/c1-16-12-19(25(28)32-14-17-8-5-4-6-9-17)21(26)13-23(16)31-15-20-18(24(27)30-3)10-7-11-22(20)29-2/h4-13H,14-15H2,1-3H3. The van der Waals surface area contributed by atoms with Crippen molar-refractivity contribution >= 4 is 23.5 Å². The molecule has 0 saturated carbocycles. The maximum atomic E-state index is 12.5. The van der Waals surface area contributed by atoms with Crippen LogP contribution in [0.3, 0.4) is 0 Å². The van der Waals surface area contributed by atoms with Gasteiger partial charge in [0, 0.05) is 5.56 Å². The molecule has 7 heteroatoms. The number of hydrogen-bond donors (Lipinski definition) is 0. The SMILES string of the molecule is COC(=O)c1cccc(OC)c1COc1cc(Cl)c(C(=O)OCc2ccccc2)cc1C. The number of carbonyl (C=O) groups is 2. The van der Waals surface area contributed by atoms with Gasteiger partial charge >= 0.3 is 11.9 Å². The summed E-state index contributed by atoms with van der Waals surface area (Å²) in [5, 5.41) is 0.205. The van der Waals surface area contributed by atoms with Crippen LogP contribution in [0.15, 0.2) is 60.7 Å². The molecular formula is C25H23ClO6. The van der Waals surface area contributed by atoms with Gasteiger partial charge in [0.1, 0.15) is 24.7 Å². The lowest BCUT2D eigenvalue weighted by atomic mass is 10.1. The molecule has 0 radical (unpaired) electrons. The maximum Gasteiger partial charge on any atom is 0.339 e. The summed E-state index contributed by atoms with van der Waals surface area (Å²) in [5.41, 5.74) is 2.71. The Hall–Kier alpha value is -3.51. The van der Waals surface area contributed by atoms with Gasteiger partial charge in [0.25, 0.3) is 0 Å². The third-order valence-corrected chi connectivity index (χ3v) is 5.14. The highest BCUT2D eigenvalue weighted by Crippen LogP contribution is 2.30. The Morgan fingerprint density at radius 2 is 1.59 bits per heavy atom. The molecule has 0 heterocycles. The Bertz CT molecular complexity index is 1110. The van der Waals surface area contributed by atoms with Crippen LogP contribution in [0.1, 0.15) is 37.4 Å². The van der Waals surface area contributed by atoms with Gasteiger partial charge < -0.3 is 18.9 Å². The second-order valence-electron chi connectivity index (χ2n) is 6.93. The molecule has 0 aliphatic rings. The summed E-state index contributed by atoms with van der Waals surface area (Å²) in [6.45, 7) is 1.99. The highest BCUT2D eigenvalue weighted by atomic mass is 35.5. The van der Waals surface area contributed by atoms with Gasteiger partial charge in [-0.3, -0.25) is 0 Å². The third kappa shape index (κ3) is 5.39. The zero-order chi connectivity index (χ0) is 23.1. The number of ether oxygens (including phenoxy) is 4. The smallest absolute Gasteiger partial charge is 0.339 e. The first-order valence-corrected chi connectivity index (χ1v) is 10.2. The average Bonchev–Trinajstić information content (AvgIpc) is 2.82. The minimum absolute atomic E-state index is 0.0451. The Morgan fingerprint density at radius 1 is 0.844 bits per heavy atom. The predicted molar refractivity (Wildman–Crippen MR) is 120 cm³/mol. The number of rotatable bonds is 8. The number of halogens is 1. The molecule has 0 unspecified atom stereocenters. The normalized spacial score (nSPS) is 10.4. The van der Waals surface area contributed by atoms with Crippen molar-refractivity contribution in [2.24, 2.45) is 0 Å². The molecule has 3 rings (SSSR count). The van der Waals surface area contributed by atoms with E-state index in [0.717, 1.165) is 5.56 Å². The van der Waals surface area contributed by atoms with Gasteiger partial charge in [0.15, 0.2) is 0 Å². The second-order valence-corrected chi connectivity index (χ2v) is 7.33. The Balaban J connectivity index is 1.76. The van der Waals surface area contributed by atoms with E-state index in [2.05, 4.69) is 0 Å². The van der Waals surface area contributed by atoms with Gasteiger partial charge in [-0.15, -0.1) is 0 Å². The summed E-state index contributed by atoms with van der Waals surface area (Å²) < 4.78 is 21.5. The van der Waals surface area contributed by atoms with Crippen molar-refractivity contribution in [2.45, 2.75) is 20.1 Å². The van der Waals surface area contributed by atoms with E-state index in [1.165, 1.54) is 14.2 Å². The maximum absolute atomic E-state index is 12.5. The zero-order valence-corrected chi connectivity index (χ0v) is 18.8. The van der Waals surface area contributed by atoms with E-state index in [-0.39, 0.29) is 23.8 Å². The van der Waals surface area contributed by atoms with E-state index >= 15 is 0 Å². The average molecular weight is 455 g/mol. The van der Waals surface area contributed by atoms with Gasteiger partial charge in [-0.05, 0) is 42.3 Å². The lowest BCUT2D eigenvalue weighted by Gasteiger charge is -2.16. The molecule has 6 nitrogen and oxygen atoms in total. The molecule has 0 amide bonds. The van der Waals surface area contributed by atoms with Crippen LogP contribution >= 0.6 is 11.6 Å². The number of carbonyl (C=O) groups excluding carboxylic acids is 2. The summed E-state index contributed by atoms with van der Waals surface area (Å²) >= 11 is 6.34. The van der Waals surface area contributed by atoms with Crippen LogP contribution in [0.2, 0.25) is 5.02 Å². The molecular weight excluding hydrogens is 432 g/mol. The summed E-state index contributed by atoms with van der Waals surface area (Å²) in [6, 6.07) is 17.6. The molecule has 3 aromatic carbocycles. The zero-order valence-electron chi connectivity index (χ0n) is 18.0. The van der Waals surface area contributed by atoms with Crippen LogP contribution in [-0.2, 0) is 22.7 Å². The lowest BCUT2D eigenvalue weighted by Crippen LogP contribution is -2.10. The third-order valence-electron chi connectivity index (χ3n) is 4.83. The molecule has 0 spiro atoms. The van der Waals surface area contributed by atoms with Gasteiger partial charge in [0.05, 0.1) is 30.4 Å². The van der Waals surface area contributed by atoms with E-state index in [0.29, 0.717) is 28.2 Å². The van der Waals surface area contributed by atoms with Crippen LogP contribution in [-0.4, -0.2) is 26.2 Å². The number of benzene rings is 3. The molecule has 0 bridgehead atoms. The quantitative estimate of drug-likeness (QED) is 0.425. The highest BCUT2D eigenvalue weighted by molar-refractivity contribution is 6.33. The van der Waals surface area contributed by atoms with Crippen molar-refractivity contribution < 1.29 is 28.5 Å². The fourth-order valence-corrected chi connectivity index (χ4v) is 3.36. The molecule has 0 saturated heterocycles. The topological polar surface area (TPSA) is 71.1 Å². The summed E-state index contributed by atoms with van der Waals surface area (Å²) in [5.74, 6) is -0.0472. The molecule has 0 atom stereocenters. The molecule has 0 N–H and O–H groups in total. The monoisotopic (exact) mass is 454 g/mol. The summed E-state index contributed by atoms with van der Waals surface area (Å²) in [4.78, 5) is 24.6. The van der Waals surface area contributed by atoms with E-state index in [4.69, 9.17) is 30.5 Å². The number of hydrogen-bond acceptors (Lipinski definition) is 6. The first-order chi connectivity index (χ1) is 15.4.